The van der Waals surface area contributed by atoms with Crippen LogP contribution < -0.4 is 0 Å². The molecule has 3 atom stereocenters. The molecule has 0 aromatic carbocycles. The predicted octanol–water partition coefficient (Wildman–Crippen LogP) is 5.86. The van der Waals surface area contributed by atoms with Crippen LogP contribution in [0.1, 0.15) is 80.1 Å². The summed E-state index contributed by atoms with van der Waals surface area (Å²) in [6.07, 6.45) is 15.3. The number of methoxy groups -OCH3 is 1. The van der Waals surface area contributed by atoms with E-state index in [9.17, 15) is 0 Å². The number of rotatable bonds is 3. The van der Waals surface area contributed by atoms with Crippen LogP contribution in [-0.4, -0.2) is 18.7 Å². The monoisotopic (exact) mass is 327 g/mol. The van der Waals surface area contributed by atoms with E-state index in [0.717, 1.165) is 23.7 Å². The Morgan fingerprint density at radius 3 is 2.04 bits per heavy atom. The third-order valence-corrected chi connectivity index (χ3v) is 4.10. The Balaban J connectivity index is 0. The van der Waals surface area contributed by atoms with Gasteiger partial charge in [0.25, 0.3) is 0 Å². The molecule has 2 aliphatic carbocycles. The Morgan fingerprint density at radius 2 is 1.61 bits per heavy atom. The summed E-state index contributed by atoms with van der Waals surface area (Å²) in [4.78, 5) is 0. The molecular formula is C21H43O2. The van der Waals surface area contributed by atoms with Crippen LogP contribution in [0.4, 0.5) is 0 Å². The molecule has 2 heteroatoms. The van der Waals surface area contributed by atoms with Crippen molar-refractivity contribution in [1.82, 2.24) is 0 Å². The highest BCUT2D eigenvalue weighted by atomic mass is 16.5. The molecule has 2 aliphatic rings. The fraction of sp³-hybridized carbons (Fsp3) is 0.857. The smallest absolute Gasteiger partial charge is 0.0605 e. The first-order valence-electron chi connectivity index (χ1n) is 9.43. The predicted molar refractivity (Wildman–Crippen MR) is 104 cm³/mol. The van der Waals surface area contributed by atoms with Crippen molar-refractivity contribution in [2.45, 2.75) is 86.2 Å². The first-order valence-corrected chi connectivity index (χ1v) is 9.43. The lowest BCUT2D eigenvalue weighted by Crippen LogP contribution is -2.34. The van der Waals surface area contributed by atoms with Gasteiger partial charge in [0.1, 0.15) is 0 Å². The Bertz CT molecular complexity index is 268. The molecule has 1 fully saturated rings. The standard InChI is InChI=1S/C11H17O.C6H14.C4H10.H2O/c1-12-11-8-4-6-9-5-2-3-7-10(9)11;1-4-5-6(2)3;1-4(2)3;/h2-3,6,9-11H,4-5,7-8H2,1H3;6H,4-5H2,1-3H3;4H,1-3H3;1H2. The molecule has 0 amide bonds. The van der Waals surface area contributed by atoms with Crippen molar-refractivity contribution in [3.05, 3.63) is 18.6 Å². The zero-order valence-corrected chi connectivity index (χ0v) is 16.8. The molecule has 1 radical (unpaired) electrons. The molecule has 0 aliphatic heterocycles. The lowest BCUT2D eigenvalue weighted by Gasteiger charge is -2.38. The van der Waals surface area contributed by atoms with E-state index >= 15 is 0 Å². The number of hydrogen-bond acceptors (Lipinski definition) is 1. The number of allylic oxidation sites excluding steroid dienone is 2. The Kier molecular flexibility index (Phi) is 16.5. The normalized spacial score (nSPS) is 25.5. The highest BCUT2D eigenvalue weighted by Gasteiger charge is 2.33. The van der Waals surface area contributed by atoms with Gasteiger partial charge >= 0.3 is 0 Å². The second-order valence-electron chi connectivity index (χ2n) is 7.77. The average molecular weight is 328 g/mol. The minimum Gasteiger partial charge on any atom is -0.412 e. The summed E-state index contributed by atoms with van der Waals surface area (Å²) in [5.74, 6) is 3.30. The maximum atomic E-state index is 5.51. The summed E-state index contributed by atoms with van der Waals surface area (Å²) in [6.45, 7) is 13.2. The summed E-state index contributed by atoms with van der Waals surface area (Å²) >= 11 is 0. The maximum absolute atomic E-state index is 5.51. The highest BCUT2D eigenvalue weighted by Crippen LogP contribution is 2.38. The van der Waals surface area contributed by atoms with Crippen molar-refractivity contribution in [2.24, 2.45) is 23.7 Å². The van der Waals surface area contributed by atoms with E-state index in [1.165, 1.54) is 38.5 Å². The topological polar surface area (TPSA) is 40.7 Å². The summed E-state index contributed by atoms with van der Waals surface area (Å²) in [7, 11) is 1.85. The van der Waals surface area contributed by atoms with Gasteiger partial charge in [-0.1, -0.05) is 66.5 Å². The van der Waals surface area contributed by atoms with Crippen molar-refractivity contribution in [3.8, 4) is 0 Å². The van der Waals surface area contributed by atoms with E-state index < -0.39 is 0 Å². The molecule has 1 saturated carbocycles. The maximum Gasteiger partial charge on any atom is 0.0605 e. The van der Waals surface area contributed by atoms with Crippen LogP contribution in [0.5, 0.6) is 0 Å². The van der Waals surface area contributed by atoms with Gasteiger partial charge in [0, 0.05) is 7.11 Å². The molecular weight excluding hydrogens is 284 g/mol. The van der Waals surface area contributed by atoms with Gasteiger partial charge in [0.05, 0.1) is 6.10 Å². The Hall–Kier alpha value is -0.340. The SMILES string of the molecule is CC(C)C.CCCC(C)C.COC1CC[CH]C2CC=CCC21.O. The zero-order valence-electron chi connectivity index (χ0n) is 16.8. The number of ether oxygens (including phenoxy) is 1. The van der Waals surface area contributed by atoms with Crippen LogP contribution in [0.15, 0.2) is 12.2 Å². The van der Waals surface area contributed by atoms with Gasteiger partial charge < -0.3 is 10.2 Å². The van der Waals surface area contributed by atoms with Crippen LogP contribution in [0.2, 0.25) is 0 Å². The van der Waals surface area contributed by atoms with Gasteiger partial charge in [-0.2, -0.15) is 0 Å². The first-order chi connectivity index (χ1) is 10.4. The van der Waals surface area contributed by atoms with Crippen molar-refractivity contribution in [1.29, 1.82) is 0 Å². The number of hydrogen-bond donors (Lipinski definition) is 0. The van der Waals surface area contributed by atoms with Gasteiger partial charge in [-0.05, 0) is 55.8 Å². The molecule has 0 bridgehead atoms. The van der Waals surface area contributed by atoms with E-state index in [0.29, 0.717) is 6.10 Å². The fourth-order valence-electron chi connectivity index (χ4n) is 3.11. The third kappa shape index (κ3) is 12.7. The molecule has 0 spiro atoms. The van der Waals surface area contributed by atoms with E-state index in [-0.39, 0.29) is 5.48 Å². The summed E-state index contributed by atoms with van der Waals surface area (Å²) in [5, 5.41) is 0. The molecule has 2 nitrogen and oxygen atoms in total. The van der Waals surface area contributed by atoms with Crippen LogP contribution in [0, 0.1) is 30.1 Å². The molecule has 23 heavy (non-hydrogen) atoms. The fourth-order valence-corrected chi connectivity index (χ4v) is 3.11. The van der Waals surface area contributed by atoms with Gasteiger partial charge in [-0.3, -0.25) is 0 Å². The van der Waals surface area contributed by atoms with E-state index in [1.54, 1.807) is 0 Å². The molecule has 0 aromatic rings. The summed E-state index contributed by atoms with van der Waals surface area (Å²) in [6, 6.07) is 0. The van der Waals surface area contributed by atoms with Gasteiger partial charge in [0.15, 0.2) is 0 Å². The third-order valence-electron chi connectivity index (χ3n) is 4.10. The minimum atomic E-state index is 0. The molecule has 3 unspecified atom stereocenters. The van der Waals surface area contributed by atoms with Crippen molar-refractivity contribution < 1.29 is 10.2 Å². The molecule has 0 heterocycles. The molecule has 139 valence electrons. The average Bonchev–Trinajstić information content (AvgIpc) is 2.46. The second kappa shape index (κ2) is 15.2. The number of fused-ring (bicyclic) bond motifs is 1. The Labute approximate surface area is 146 Å². The van der Waals surface area contributed by atoms with Gasteiger partial charge in [-0.25, -0.2) is 0 Å². The van der Waals surface area contributed by atoms with Crippen LogP contribution >= 0.6 is 0 Å². The van der Waals surface area contributed by atoms with Crippen LogP contribution in [0.25, 0.3) is 0 Å². The van der Waals surface area contributed by atoms with Crippen molar-refractivity contribution in [2.75, 3.05) is 7.11 Å². The van der Waals surface area contributed by atoms with Gasteiger partial charge in [0.2, 0.25) is 0 Å². The van der Waals surface area contributed by atoms with E-state index in [4.69, 9.17) is 4.74 Å². The first kappa shape index (κ1) is 24.9. The van der Waals surface area contributed by atoms with Crippen LogP contribution in [0.3, 0.4) is 0 Å². The minimum absolute atomic E-state index is 0. The summed E-state index contributed by atoms with van der Waals surface area (Å²) in [5.41, 5.74) is 0. The lowest BCUT2D eigenvalue weighted by molar-refractivity contribution is 0.0107. The molecule has 0 aromatic heterocycles. The highest BCUT2D eigenvalue weighted by molar-refractivity contribution is 5.03. The van der Waals surface area contributed by atoms with Crippen molar-refractivity contribution in [3.63, 3.8) is 0 Å². The van der Waals surface area contributed by atoms with Gasteiger partial charge in [-0.15, -0.1) is 0 Å². The quantitative estimate of drug-likeness (QED) is 0.598. The van der Waals surface area contributed by atoms with Crippen LogP contribution in [-0.2, 0) is 4.74 Å². The Morgan fingerprint density at radius 1 is 1.04 bits per heavy atom. The molecule has 2 N–H and O–H groups in total. The zero-order chi connectivity index (χ0) is 17.0. The van der Waals surface area contributed by atoms with Crippen molar-refractivity contribution >= 4 is 0 Å². The van der Waals surface area contributed by atoms with E-state index in [1.807, 2.05) is 7.11 Å². The molecule has 0 saturated heterocycles. The largest absolute Gasteiger partial charge is 0.412 e. The second-order valence-corrected chi connectivity index (χ2v) is 7.77. The lowest BCUT2D eigenvalue weighted by atomic mass is 9.72. The summed E-state index contributed by atoms with van der Waals surface area (Å²) < 4.78 is 5.51. The van der Waals surface area contributed by atoms with E-state index in [2.05, 4.69) is 60.1 Å². The molecule has 2 rings (SSSR count).